The Morgan fingerprint density at radius 1 is 1.25 bits per heavy atom. The summed E-state index contributed by atoms with van der Waals surface area (Å²) >= 11 is 0. The molecule has 0 aliphatic heterocycles. The highest BCUT2D eigenvalue weighted by atomic mass is 32.2. The molecule has 0 saturated heterocycles. The van der Waals surface area contributed by atoms with Crippen molar-refractivity contribution in [3.8, 4) is 0 Å². The Morgan fingerprint density at radius 2 is 1.85 bits per heavy atom. The van der Waals surface area contributed by atoms with Crippen LogP contribution in [0.2, 0.25) is 0 Å². The lowest BCUT2D eigenvalue weighted by atomic mass is 10.1. The standard InChI is InChI=1S/C15H26N2O2S/c1-11(2)8-13(4)17(5)20(18,19)15-7-6-14(10-16)12(3)9-15/h6-7,9,11,13H,8,10,16H2,1-5H3. The van der Waals surface area contributed by atoms with Gasteiger partial charge in [0, 0.05) is 19.6 Å². The zero-order valence-electron chi connectivity index (χ0n) is 13.1. The van der Waals surface area contributed by atoms with Crippen molar-refractivity contribution in [1.82, 2.24) is 4.31 Å². The first-order valence-corrected chi connectivity index (χ1v) is 8.41. The minimum Gasteiger partial charge on any atom is -0.326 e. The van der Waals surface area contributed by atoms with Crippen LogP contribution in [0.4, 0.5) is 0 Å². The second-order valence-electron chi connectivity index (χ2n) is 5.79. The van der Waals surface area contributed by atoms with Gasteiger partial charge in [0.05, 0.1) is 4.90 Å². The van der Waals surface area contributed by atoms with Crippen LogP contribution in [-0.4, -0.2) is 25.8 Å². The van der Waals surface area contributed by atoms with E-state index in [9.17, 15) is 8.42 Å². The molecule has 1 atom stereocenters. The Morgan fingerprint density at radius 3 is 2.30 bits per heavy atom. The summed E-state index contributed by atoms with van der Waals surface area (Å²) in [5.74, 6) is 0.462. The van der Waals surface area contributed by atoms with Crippen molar-refractivity contribution in [2.24, 2.45) is 11.7 Å². The molecular formula is C15H26N2O2S. The van der Waals surface area contributed by atoms with Crippen molar-refractivity contribution in [2.75, 3.05) is 7.05 Å². The summed E-state index contributed by atoms with van der Waals surface area (Å²) in [6.45, 7) is 8.44. The van der Waals surface area contributed by atoms with Gasteiger partial charge in [-0.2, -0.15) is 4.31 Å². The molecule has 0 aliphatic rings. The van der Waals surface area contributed by atoms with E-state index in [4.69, 9.17) is 5.73 Å². The molecule has 1 rings (SSSR count). The van der Waals surface area contributed by atoms with Crippen LogP contribution >= 0.6 is 0 Å². The van der Waals surface area contributed by atoms with Crippen molar-refractivity contribution in [3.63, 3.8) is 0 Å². The van der Waals surface area contributed by atoms with Crippen LogP contribution in [-0.2, 0) is 16.6 Å². The lowest BCUT2D eigenvalue weighted by Crippen LogP contribution is -2.36. The molecule has 2 N–H and O–H groups in total. The smallest absolute Gasteiger partial charge is 0.243 e. The van der Waals surface area contributed by atoms with E-state index in [0.717, 1.165) is 17.5 Å². The van der Waals surface area contributed by atoms with Gasteiger partial charge in [-0.3, -0.25) is 0 Å². The maximum Gasteiger partial charge on any atom is 0.243 e. The van der Waals surface area contributed by atoms with Crippen LogP contribution in [0.15, 0.2) is 23.1 Å². The number of hydrogen-bond donors (Lipinski definition) is 1. The summed E-state index contributed by atoms with van der Waals surface area (Å²) in [6, 6.07) is 5.12. The molecule has 0 spiro atoms. The van der Waals surface area contributed by atoms with Gasteiger partial charge in [0.25, 0.3) is 0 Å². The van der Waals surface area contributed by atoms with Gasteiger partial charge in [0.15, 0.2) is 0 Å². The Balaban J connectivity index is 3.07. The predicted molar refractivity (Wildman–Crippen MR) is 82.9 cm³/mol. The molecule has 1 aromatic carbocycles. The summed E-state index contributed by atoms with van der Waals surface area (Å²) in [5.41, 5.74) is 7.50. The first kappa shape index (κ1) is 17.1. The van der Waals surface area contributed by atoms with Gasteiger partial charge in [-0.1, -0.05) is 19.9 Å². The molecule has 1 unspecified atom stereocenters. The van der Waals surface area contributed by atoms with E-state index in [1.807, 2.05) is 13.8 Å². The highest BCUT2D eigenvalue weighted by Crippen LogP contribution is 2.22. The number of hydrogen-bond acceptors (Lipinski definition) is 3. The highest BCUT2D eigenvalue weighted by molar-refractivity contribution is 7.89. The number of benzene rings is 1. The lowest BCUT2D eigenvalue weighted by Gasteiger charge is -2.26. The van der Waals surface area contributed by atoms with Crippen LogP contribution in [0.3, 0.4) is 0 Å². The molecule has 4 nitrogen and oxygen atoms in total. The Kier molecular flexibility index (Phi) is 5.74. The summed E-state index contributed by atoms with van der Waals surface area (Å²) < 4.78 is 26.7. The molecule has 1 aromatic rings. The van der Waals surface area contributed by atoms with Crippen LogP contribution in [0.1, 0.15) is 38.3 Å². The summed E-state index contributed by atoms with van der Waals surface area (Å²) in [4.78, 5) is 0.338. The zero-order chi connectivity index (χ0) is 15.5. The summed E-state index contributed by atoms with van der Waals surface area (Å²) in [6.07, 6.45) is 0.843. The second kappa shape index (κ2) is 6.70. The largest absolute Gasteiger partial charge is 0.326 e. The molecule has 0 aliphatic carbocycles. The molecule has 0 saturated carbocycles. The molecule has 0 radical (unpaired) electrons. The van der Waals surface area contributed by atoms with Crippen molar-refractivity contribution in [2.45, 2.75) is 51.6 Å². The number of nitrogens with two attached hydrogens (primary N) is 1. The Labute approximate surface area is 123 Å². The van der Waals surface area contributed by atoms with Crippen molar-refractivity contribution >= 4 is 10.0 Å². The average molecular weight is 298 g/mol. The monoisotopic (exact) mass is 298 g/mol. The van der Waals surface area contributed by atoms with E-state index in [1.54, 1.807) is 25.2 Å². The first-order valence-electron chi connectivity index (χ1n) is 6.97. The van der Waals surface area contributed by atoms with E-state index in [2.05, 4.69) is 13.8 Å². The van der Waals surface area contributed by atoms with Crippen LogP contribution in [0.25, 0.3) is 0 Å². The molecule has 0 fully saturated rings. The summed E-state index contributed by atoms with van der Waals surface area (Å²) in [7, 11) is -1.79. The van der Waals surface area contributed by atoms with Crippen molar-refractivity contribution in [3.05, 3.63) is 29.3 Å². The third kappa shape index (κ3) is 3.81. The van der Waals surface area contributed by atoms with E-state index in [1.165, 1.54) is 4.31 Å². The molecular weight excluding hydrogens is 272 g/mol. The molecule has 0 amide bonds. The molecule has 5 heteroatoms. The lowest BCUT2D eigenvalue weighted by molar-refractivity contribution is 0.338. The minimum atomic E-state index is -3.44. The second-order valence-corrected chi connectivity index (χ2v) is 7.79. The normalized spacial score (nSPS) is 14.0. The highest BCUT2D eigenvalue weighted by Gasteiger charge is 2.26. The van der Waals surface area contributed by atoms with E-state index in [-0.39, 0.29) is 6.04 Å². The number of sulfonamides is 1. The van der Waals surface area contributed by atoms with E-state index >= 15 is 0 Å². The SMILES string of the molecule is Cc1cc(S(=O)(=O)N(C)C(C)CC(C)C)ccc1CN. The van der Waals surface area contributed by atoms with E-state index in [0.29, 0.717) is 17.4 Å². The fraction of sp³-hybridized carbons (Fsp3) is 0.600. The third-order valence-corrected chi connectivity index (χ3v) is 5.61. The van der Waals surface area contributed by atoms with Gasteiger partial charge >= 0.3 is 0 Å². The van der Waals surface area contributed by atoms with Gasteiger partial charge in [0.2, 0.25) is 10.0 Å². The van der Waals surface area contributed by atoms with Gasteiger partial charge in [-0.15, -0.1) is 0 Å². The fourth-order valence-electron chi connectivity index (χ4n) is 2.29. The van der Waals surface area contributed by atoms with Crippen molar-refractivity contribution < 1.29 is 8.42 Å². The molecule has 0 bridgehead atoms. The molecule has 0 heterocycles. The molecule has 0 aromatic heterocycles. The Hall–Kier alpha value is -0.910. The number of nitrogens with zero attached hydrogens (tertiary/aromatic N) is 1. The zero-order valence-corrected chi connectivity index (χ0v) is 13.9. The summed E-state index contributed by atoms with van der Waals surface area (Å²) in [5, 5.41) is 0. The van der Waals surface area contributed by atoms with Crippen molar-refractivity contribution in [1.29, 1.82) is 0 Å². The van der Waals surface area contributed by atoms with Gasteiger partial charge in [-0.25, -0.2) is 8.42 Å². The predicted octanol–water partition coefficient (Wildman–Crippen LogP) is 2.51. The van der Waals surface area contributed by atoms with Crippen LogP contribution in [0, 0.1) is 12.8 Å². The van der Waals surface area contributed by atoms with Crippen LogP contribution < -0.4 is 5.73 Å². The topological polar surface area (TPSA) is 63.4 Å². The van der Waals surface area contributed by atoms with Gasteiger partial charge in [-0.05, 0) is 49.4 Å². The maximum absolute atomic E-state index is 12.6. The van der Waals surface area contributed by atoms with Gasteiger partial charge in [0.1, 0.15) is 0 Å². The minimum absolute atomic E-state index is 0.0190. The Bertz CT molecular complexity index is 553. The van der Waals surface area contributed by atoms with E-state index < -0.39 is 10.0 Å². The third-order valence-electron chi connectivity index (χ3n) is 3.64. The number of aryl methyl sites for hydroxylation is 1. The number of rotatable bonds is 6. The quantitative estimate of drug-likeness (QED) is 0.877. The molecule has 20 heavy (non-hydrogen) atoms. The maximum atomic E-state index is 12.6. The van der Waals surface area contributed by atoms with Crippen LogP contribution in [0.5, 0.6) is 0 Å². The first-order chi connectivity index (χ1) is 9.20. The fourth-order valence-corrected chi connectivity index (χ4v) is 3.75. The van der Waals surface area contributed by atoms with Gasteiger partial charge < -0.3 is 5.73 Å². The molecule has 114 valence electrons. The average Bonchev–Trinajstić information content (AvgIpc) is 2.36.